The number of hydrogen-bond donors (Lipinski definition) is 1. The van der Waals surface area contributed by atoms with Gasteiger partial charge in [0.1, 0.15) is 5.01 Å². The maximum Gasteiger partial charge on any atom is 0.312 e. The van der Waals surface area contributed by atoms with E-state index in [1.54, 1.807) is 23.1 Å². The first kappa shape index (κ1) is 18.3. The monoisotopic (exact) mass is 390 g/mol. The summed E-state index contributed by atoms with van der Waals surface area (Å²) < 4.78 is 6.74. The average Bonchev–Trinajstić information content (AvgIpc) is 3.32. The lowest BCUT2D eigenvalue weighted by Crippen LogP contribution is -2.22. The predicted molar refractivity (Wildman–Crippen MR) is 101 cm³/mol. The first-order valence-electron chi connectivity index (χ1n) is 7.86. The summed E-state index contributed by atoms with van der Waals surface area (Å²) in [4.78, 5) is 28.4. The molecule has 0 fully saturated rings. The van der Waals surface area contributed by atoms with Crippen molar-refractivity contribution in [3.63, 3.8) is 0 Å². The number of esters is 1. The molecule has 26 heavy (non-hydrogen) atoms. The van der Waals surface area contributed by atoms with Gasteiger partial charge in [0.2, 0.25) is 0 Å². The summed E-state index contributed by atoms with van der Waals surface area (Å²) in [6, 6.07) is 1.98. The summed E-state index contributed by atoms with van der Waals surface area (Å²) in [5, 5.41) is 13.6. The normalized spacial score (nSPS) is 10.7. The second-order valence-corrected chi connectivity index (χ2v) is 7.35. The third kappa shape index (κ3) is 4.17. The van der Waals surface area contributed by atoms with Crippen molar-refractivity contribution in [2.24, 2.45) is 7.05 Å². The van der Waals surface area contributed by atoms with Crippen molar-refractivity contribution < 1.29 is 14.3 Å². The molecule has 0 unspecified atom stereocenters. The van der Waals surface area contributed by atoms with Gasteiger partial charge in [-0.3, -0.25) is 14.3 Å². The molecule has 0 saturated carbocycles. The molecule has 1 N–H and O–H groups in total. The molecule has 3 aromatic rings. The molecule has 136 valence electrons. The number of nitrogens with zero attached hydrogens (tertiary/aromatic N) is 3. The summed E-state index contributed by atoms with van der Waals surface area (Å²) >= 11 is 3.08. The topological polar surface area (TPSA) is 86.1 Å². The number of aromatic nitrogens is 3. The maximum atomic E-state index is 12.0. The number of carbonyl (C=O) groups is 2. The Bertz CT molecular complexity index is 928. The second kappa shape index (κ2) is 7.79. The van der Waals surface area contributed by atoms with Crippen LogP contribution in [0.15, 0.2) is 22.2 Å². The van der Waals surface area contributed by atoms with Crippen LogP contribution in [0.3, 0.4) is 0 Å². The molecule has 0 spiro atoms. The summed E-state index contributed by atoms with van der Waals surface area (Å²) in [6.45, 7) is 3.32. The summed E-state index contributed by atoms with van der Waals surface area (Å²) in [6.07, 6.45) is 0.0405. The third-order valence-corrected chi connectivity index (χ3v) is 5.41. The fourth-order valence-electron chi connectivity index (χ4n) is 2.38. The lowest BCUT2D eigenvalue weighted by molar-refractivity contribution is -0.146. The highest BCUT2D eigenvalue weighted by Gasteiger charge is 2.15. The number of nitrogens with one attached hydrogen (secondary N) is 1. The number of carbonyl (C=O) groups excluding carboxylic acids is 2. The third-order valence-electron chi connectivity index (χ3n) is 3.78. The zero-order valence-corrected chi connectivity index (χ0v) is 16.2. The van der Waals surface area contributed by atoms with Gasteiger partial charge < -0.3 is 10.1 Å². The minimum absolute atomic E-state index is 0.0405. The van der Waals surface area contributed by atoms with Gasteiger partial charge in [-0.05, 0) is 25.3 Å². The maximum absolute atomic E-state index is 12.0. The number of aryl methyl sites for hydroxylation is 2. The Morgan fingerprint density at radius 2 is 2.12 bits per heavy atom. The van der Waals surface area contributed by atoms with E-state index in [0.29, 0.717) is 17.1 Å². The number of amides is 1. The first-order chi connectivity index (χ1) is 12.4. The molecule has 3 rings (SSSR count). The van der Waals surface area contributed by atoms with Crippen LogP contribution in [0.4, 0.5) is 5.69 Å². The van der Waals surface area contributed by atoms with Crippen molar-refractivity contribution in [2.45, 2.75) is 20.3 Å². The van der Waals surface area contributed by atoms with Crippen LogP contribution in [0.1, 0.15) is 17.1 Å². The molecule has 9 heteroatoms. The number of ether oxygens (including phenoxy) is 1. The van der Waals surface area contributed by atoms with Crippen LogP contribution >= 0.6 is 22.7 Å². The summed E-state index contributed by atoms with van der Waals surface area (Å²) in [5.74, 6) is -0.878. The Morgan fingerprint density at radius 1 is 1.31 bits per heavy atom. The molecule has 7 nitrogen and oxygen atoms in total. The van der Waals surface area contributed by atoms with Crippen molar-refractivity contribution in [1.82, 2.24) is 14.8 Å². The predicted octanol–water partition coefficient (Wildman–Crippen LogP) is 2.95. The summed E-state index contributed by atoms with van der Waals surface area (Å²) in [5.41, 5.74) is 3.88. The molecule has 0 bridgehead atoms. The highest BCUT2D eigenvalue weighted by molar-refractivity contribution is 7.14. The standard InChI is InChI=1S/C17H18N4O3S2/c1-10-16(11(2)21(3)20-10)19-14(22)7-24-15(23)6-13-9-26-17(18-13)12-4-5-25-8-12/h4-5,8-9H,6-7H2,1-3H3,(H,19,22). The molecule has 0 aliphatic rings. The highest BCUT2D eigenvalue weighted by Crippen LogP contribution is 2.25. The van der Waals surface area contributed by atoms with Crippen molar-refractivity contribution in [3.8, 4) is 10.6 Å². The number of thiazole rings is 1. The van der Waals surface area contributed by atoms with Crippen LogP contribution in [0, 0.1) is 13.8 Å². The molecule has 0 aliphatic heterocycles. The van der Waals surface area contributed by atoms with Gasteiger partial charge in [0.05, 0.1) is 29.2 Å². The van der Waals surface area contributed by atoms with Gasteiger partial charge in [-0.1, -0.05) is 0 Å². The molecule has 0 radical (unpaired) electrons. The molecular formula is C17H18N4O3S2. The molecule has 3 aromatic heterocycles. The van der Waals surface area contributed by atoms with Crippen LogP contribution in [-0.2, 0) is 27.8 Å². The number of thiophene rings is 1. The molecule has 0 aromatic carbocycles. The summed E-state index contributed by atoms with van der Waals surface area (Å²) in [7, 11) is 1.80. The fourth-order valence-corrected chi connectivity index (χ4v) is 3.91. The quantitative estimate of drug-likeness (QED) is 0.654. The van der Waals surface area contributed by atoms with E-state index < -0.39 is 11.9 Å². The first-order valence-corrected chi connectivity index (χ1v) is 9.69. The molecule has 0 atom stereocenters. The Hall–Kier alpha value is -2.52. The van der Waals surface area contributed by atoms with Gasteiger partial charge in [0.25, 0.3) is 5.91 Å². The minimum Gasteiger partial charge on any atom is -0.455 e. The van der Waals surface area contributed by atoms with E-state index in [1.807, 2.05) is 36.1 Å². The van der Waals surface area contributed by atoms with Gasteiger partial charge in [-0.25, -0.2) is 4.98 Å². The van der Waals surface area contributed by atoms with E-state index in [2.05, 4.69) is 15.4 Å². The lowest BCUT2D eigenvalue weighted by Gasteiger charge is -2.06. The SMILES string of the molecule is Cc1nn(C)c(C)c1NC(=O)COC(=O)Cc1csc(-c2ccsc2)n1. The zero-order chi connectivity index (χ0) is 18.7. The number of anilines is 1. The van der Waals surface area contributed by atoms with Crippen LogP contribution in [0.25, 0.3) is 10.6 Å². The van der Waals surface area contributed by atoms with E-state index in [-0.39, 0.29) is 13.0 Å². The Kier molecular flexibility index (Phi) is 5.48. The lowest BCUT2D eigenvalue weighted by atomic mass is 10.3. The average molecular weight is 390 g/mol. The number of hydrogen-bond acceptors (Lipinski definition) is 7. The van der Waals surface area contributed by atoms with Gasteiger partial charge in [-0.2, -0.15) is 16.4 Å². The molecule has 3 heterocycles. The van der Waals surface area contributed by atoms with E-state index in [4.69, 9.17) is 4.74 Å². The highest BCUT2D eigenvalue weighted by atomic mass is 32.1. The van der Waals surface area contributed by atoms with Crippen molar-refractivity contribution in [2.75, 3.05) is 11.9 Å². The molecule has 0 aliphatic carbocycles. The largest absolute Gasteiger partial charge is 0.455 e. The van der Waals surface area contributed by atoms with Crippen molar-refractivity contribution >= 4 is 40.2 Å². The van der Waals surface area contributed by atoms with Crippen molar-refractivity contribution in [1.29, 1.82) is 0 Å². The van der Waals surface area contributed by atoms with Crippen LogP contribution in [0.2, 0.25) is 0 Å². The van der Waals surface area contributed by atoms with Gasteiger partial charge in [0.15, 0.2) is 6.61 Å². The molecular weight excluding hydrogens is 372 g/mol. The van der Waals surface area contributed by atoms with Gasteiger partial charge >= 0.3 is 5.97 Å². The van der Waals surface area contributed by atoms with Crippen molar-refractivity contribution in [3.05, 3.63) is 39.3 Å². The smallest absolute Gasteiger partial charge is 0.312 e. The van der Waals surface area contributed by atoms with Crippen LogP contribution in [0.5, 0.6) is 0 Å². The van der Waals surface area contributed by atoms with Crippen LogP contribution < -0.4 is 5.32 Å². The van der Waals surface area contributed by atoms with E-state index in [0.717, 1.165) is 16.3 Å². The van der Waals surface area contributed by atoms with Gasteiger partial charge in [-0.15, -0.1) is 11.3 Å². The van der Waals surface area contributed by atoms with E-state index in [1.165, 1.54) is 11.3 Å². The molecule has 1 amide bonds. The minimum atomic E-state index is -0.484. The van der Waals surface area contributed by atoms with E-state index in [9.17, 15) is 9.59 Å². The Balaban J connectivity index is 1.50. The molecule has 0 saturated heterocycles. The fraction of sp³-hybridized carbons (Fsp3) is 0.294. The van der Waals surface area contributed by atoms with Crippen LogP contribution in [-0.4, -0.2) is 33.2 Å². The van der Waals surface area contributed by atoms with Gasteiger partial charge in [0, 0.05) is 23.4 Å². The Morgan fingerprint density at radius 3 is 2.77 bits per heavy atom. The number of rotatable bonds is 6. The van der Waals surface area contributed by atoms with E-state index >= 15 is 0 Å². The zero-order valence-electron chi connectivity index (χ0n) is 14.6. The Labute approximate surface area is 158 Å². The second-order valence-electron chi connectivity index (χ2n) is 5.71.